The van der Waals surface area contributed by atoms with Crippen LogP contribution in [0.5, 0.6) is 0 Å². The van der Waals surface area contributed by atoms with Gasteiger partial charge < -0.3 is 0 Å². The molecule has 1 amide bonds. The summed E-state index contributed by atoms with van der Waals surface area (Å²) in [4.78, 5) is 29.3. The topological polar surface area (TPSA) is 50.3 Å². The van der Waals surface area contributed by atoms with Gasteiger partial charge in [-0.2, -0.15) is 0 Å². The van der Waals surface area contributed by atoms with Gasteiger partial charge in [0.15, 0.2) is 0 Å². The number of halogens is 1. The Kier molecular flexibility index (Phi) is 2.65. The van der Waals surface area contributed by atoms with Crippen molar-refractivity contribution in [1.82, 2.24) is 4.98 Å². The zero-order valence-corrected chi connectivity index (χ0v) is 10.7. The third-order valence-electron chi connectivity index (χ3n) is 2.71. The summed E-state index contributed by atoms with van der Waals surface area (Å²) in [5.41, 5.74) is 0.966. The molecule has 1 aliphatic heterocycles. The summed E-state index contributed by atoms with van der Waals surface area (Å²) in [5.74, 6) is -1.04. The standard InChI is InChI=1S/C12H7ClN2O2S/c13-7-1-2-9-8(5-7)11(16)12(17)15(9)6-10-14-3-4-18-10/h1-5H,6H2. The van der Waals surface area contributed by atoms with Crippen molar-refractivity contribution in [3.8, 4) is 0 Å². The predicted molar refractivity (Wildman–Crippen MR) is 69.1 cm³/mol. The van der Waals surface area contributed by atoms with E-state index >= 15 is 0 Å². The average molecular weight is 279 g/mol. The van der Waals surface area contributed by atoms with E-state index < -0.39 is 11.7 Å². The lowest BCUT2D eigenvalue weighted by Gasteiger charge is -2.14. The van der Waals surface area contributed by atoms with Crippen LogP contribution in [-0.2, 0) is 11.3 Å². The molecule has 0 saturated carbocycles. The van der Waals surface area contributed by atoms with Crippen LogP contribution >= 0.6 is 22.9 Å². The van der Waals surface area contributed by atoms with Gasteiger partial charge in [-0.3, -0.25) is 14.5 Å². The van der Waals surface area contributed by atoms with Crippen molar-refractivity contribution < 1.29 is 9.59 Å². The van der Waals surface area contributed by atoms with Gasteiger partial charge in [0, 0.05) is 16.6 Å². The molecular formula is C12H7ClN2O2S. The SMILES string of the molecule is O=C1C(=O)N(Cc2nccs2)c2ccc(Cl)cc21. The third kappa shape index (κ3) is 1.72. The van der Waals surface area contributed by atoms with Crippen molar-refractivity contribution >= 4 is 40.3 Å². The Bertz CT molecular complexity index is 640. The second-order valence-corrected chi connectivity index (χ2v) is 5.22. The molecule has 0 unspecified atom stereocenters. The lowest BCUT2D eigenvalue weighted by Crippen LogP contribution is -2.29. The first-order chi connectivity index (χ1) is 8.66. The molecule has 0 atom stereocenters. The summed E-state index contributed by atoms with van der Waals surface area (Å²) >= 11 is 7.28. The normalized spacial score (nSPS) is 14.2. The fourth-order valence-electron chi connectivity index (χ4n) is 1.90. The van der Waals surface area contributed by atoms with E-state index in [-0.39, 0.29) is 0 Å². The van der Waals surface area contributed by atoms with Gasteiger partial charge in [0.2, 0.25) is 0 Å². The van der Waals surface area contributed by atoms with Crippen LogP contribution in [-0.4, -0.2) is 16.7 Å². The molecule has 1 aromatic heterocycles. The zero-order chi connectivity index (χ0) is 12.7. The number of Topliss-reactive ketones (excluding diaryl/α,β-unsaturated/α-hetero) is 1. The van der Waals surface area contributed by atoms with E-state index in [0.717, 1.165) is 5.01 Å². The van der Waals surface area contributed by atoms with Crippen LogP contribution in [0.1, 0.15) is 15.4 Å². The molecule has 6 heteroatoms. The van der Waals surface area contributed by atoms with Crippen molar-refractivity contribution in [2.75, 3.05) is 4.90 Å². The highest BCUT2D eigenvalue weighted by molar-refractivity contribution is 7.09. The molecular weight excluding hydrogens is 272 g/mol. The predicted octanol–water partition coefficient (Wildman–Crippen LogP) is 2.53. The average Bonchev–Trinajstić information content (AvgIpc) is 2.94. The molecule has 0 bridgehead atoms. The van der Waals surface area contributed by atoms with Crippen LogP contribution in [0.4, 0.5) is 5.69 Å². The Morgan fingerprint density at radius 2 is 2.17 bits per heavy atom. The summed E-state index contributed by atoms with van der Waals surface area (Å²) in [6.07, 6.45) is 1.67. The molecule has 0 radical (unpaired) electrons. The number of hydrogen-bond acceptors (Lipinski definition) is 4. The maximum absolute atomic E-state index is 11.9. The van der Waals surface area contributed by atoms with E-state index in [1.165, 1.54) is 22.3 Å². The highest BCUT2D eigenvalue weighted by Gasteiger charge is 2.36. The van der Waals surface area contributed by atoms with Gasteiger partial charge in [-0.15, -0.1) is 11.3 Å². The molecule has 0 saturated heterocycles. The van der Waals surface area contributed by atoms with Crippen molar-refractivity contribution in [2.45, 2.75) is 6.54 Å². The fourth-order valence-corrected chi connectivity index (χ4v) is 2.67. The van der Waals surface area contributed by atoms with E-state index in [2.05, 4.69) is 4.98 Å². The summed E-state index contributed by atoms with van der Waals surface area (Å²) in [6.45, 7) is 0.316. The lowest BCUT2D eigenvalue weighted by molar-refractivity contribution is -0.114. The largest absolute Gasteiger partial charge is 0.299 e. The molecule has 0 N–H and O–H groups in total. The van der Waals surface area contributed by atoms with Crippen LogP contribution in [0.2, 0.25) is 5.02 Å². The number of fused-ring (bicyclic) bond motifs is 1. The second kappa shape index (κ2) is 4.19. The summed E-state index contributed by atoms with van der Waals surface area (Å²) in [7, 11) is 0. The van der Waals surface area contributed by atoms with Crippen molar-refractivity contribution in [3.63, 3.8) is 0 Å². The van der Waals surface area contributed by atoms with Crippen LogP contribution < -0.4 is 4.90 Å². The Balaban J connectivity index is 2.02. The molecule has 3 rings (SSSR count). The molecule has 0 aliphatic carbocycles. The summed E-state index contributed by atoms with van der Waals surface area (Å²) < 4.78 is 0. The number of benzene rings is 1. The minimum atomic E-state index is -0.525. The first-order valence-corrected chi connectivity index (χ1v) is 6.46. The number of aromatic nitrogens is 1. The van der Waals surface area contributed by atoms with E-state index in [1.54, 1.807) is 18.3 Å². The highest BCUT2D eigenvalue weighted by atomic mass is 35.5. The lowest BCUT2D eigenvalue weighted by atomic mass is 10.1. The molecule has 90 valence electrons. The number of carbonyl (C=O) groups excluding carboxylic acids is 2. The van der Waals surface area contributed by atoms with Gasteiger partial charge in [-0.05, 0) is 18.2 Å². The third-order valence-corrected chi connectivity index (χ3v) is 3.71. The first kappa shape index (κ1) is 11.4. The van der Waals surface area contributed by atoms with E-state index in [9.17, 15) is 9.59 Å². The number of ketones is 1. The van der Waals surface area contributed by atoms with Crippen molar-refractivity contribution in [1.29, 1.82) is 0 Å². The number of thiazole rings is 1. The monoisotopic (exact) mass is 278 g/mol. The fraction of sp³-hybridized carbons (Fsp3) is 0.0833. The number of rotatable bonds is 2. The summed E-state index contributed by atoms with van der Waals surface area (Å²) in [5, 5.41) is 3.07. The van der Waals surface area contributed by atoms with Gasteiger partial charge >= 0.3 is 0 Å². The van der Waals surface area contributed by atoms with Gasteiger partial charge in [-0.1, -0.05) is 11.6 Å². The van der Waals surface area contributed by atoms with Gasteiger partial charge in [0.1, 0.15) is 5.01 Å². The molecule has 1 aliphatic rings. The van der Waals surface area contributed by atoms with Gasteiger partial charge in [0.05, 0.1) is 17.8 Å². The Morgan fingerprint density at radius 1 is 1.33 bits per heavy atom. The van der Waals surface area contributed by atoms with E-state index in [1.807, 2.05) is 5.38 Å². The number of nitrogens with zero attached hydrogens (tertiary/aromatic N) is 2. The quantitative estimate of drug-likeness (QED) is 0.793. The van der Waals surface area contributed by atoms with E-state index in [4.69, 9.17) is 11.6 Å². The maximum Gasteiger partial charge on any atom is 0.299 e. The molecule has 1 aromatic carbocycles. The number of anilines is 1. The summed E-state index contributed by atoms with van der Waals surface area (Å²) in [6, 6.07) is 4.88. The molecule has 0 spiro atoms. The molecule has 0 fully saturated rings. The highest BCUT2D eigenvalue weighted by Crippen LogP contribution is 2.32. The maximum atomic E-state index is 11.9. The Labute approximate surface area is 112 Å². The van der Waals surface area contributed by atoms with Crippen LogP contribution in [0.3, 0.4) is 0 Å². The smallest absolute Gasteiger partial charge is 0.298 e. The zero-order valence-electron chi connectivity index (χ0n) is 9.09. The van der Waals surface area contributed by atoms with Crippen LogP contribution in [0.25, 0.3) is 0 Å². The van der Waals surface area contributed by atoms with Crippen LogP contribution in [0.15, 0.2) is 29.8 Å². The van der Waals surface area contributed by atoms with Gasteiger partial charge in [-0.25, -0.2) is 4.98 Å². The Hall–Kier alpha value is -1.72. The molecule has 2 aromatic rings. The number of amides is 1. The van der Waals surface area contributed by atoms with Crippen molar-refractivity contribution in [3.05, 3.63) is 45.4 Å². The second-order valence-electron chi connectivity index (χ2n) is 3.81. The van der Waals surface area contributed by atoms with Crippen LogP contribution in [0, 0.1) is 0 Å². The Morgan fingerprint density at radius 3 is 2.89 bits per heavy atom. The molecule has 4 nitrogen and oxygen atoms in total. The number of carbonyl (C=O) groups is 2. The molecule has 18 heavy (non-hydrogen) atoms. The molecule has 2 heterocycles. The van der Waals surface area contributed by atoms with Gasteiger partial charge in [0.25, 0.3) is 11.7 Å². The van der Waals surface area contributed by atoms with E-state index in [0.29, 0.717) is 22.8 Å². The number of hydrogen-bond donors (Lipinski definition) is 0. The minimum absolute atomic E-state index is 0.316. The first-order valence-electron chi connectivity index (χ1n) is 5.21. The van der Waals surface area contributed by atoms with Crippen molar-refractivity contribution in [2.24, 2.45) is 0 Å². The minimum Gasteiger partial charge on any atom is -0.298 e.